The van der Waals surface area contributed by atoms with Crippen LogP contribution in [0.3, 0.4) is 0 Å². The fraction of sp³-hybridized carbons (Fsp3) is 0.316. The summed E-state index contributed by atoms with van der Waals surface area (Å²) >= 11 is 6.13. The number of anilines is 1. The van der Waals surface area contributed by atoms with Gasteiger partial charge in [-0.3, -0.25) is 4.79 Å². The summed E-state index contributed by atoms with van der Waals surface area (Å²) in [4.78, 5) is 12.7. The molecule has 0 aliphatic rings. The molecule has 0 atom stereocenters. The third-order valence-electron chi connectivity index (χ3n) is 3.92. The number of carbonyl (C=O) groups excluding carboxylic acids is 1. The van der Waals surface area contributed by atoms with Gasteiger partial charge in [0, 0.05) is 17.8 Å². The van der Waals surface area contributed by atoms with Crippen molar-refractivity contribution in [3.63, 3.8) is 0 Å². The lowest BCUT2D eigenvalue weighted by molar-refractivity contribution is 0.102. The van der Waals surface area contributed by atoms with Crippen molar-refractivity contribution in [1.29, 1.82) is 0 Å². The van der Waals surface area contributed by atoms with Gasteiger partial charge in [0.15, 0.2) is 11.5 Å². The molecule has 0 aromatic heterocycles. The first-order chi connectivity index (χ1) is 13.3. The molecule has 0 saturated heterocycles. The number of nitrogens with one attached hydrogen (secondary N) is 2. The molecule has 9 heteroatoms. The fourth-order valence-electron chi connectivity index (χ4n) is 2.46. The molecule has 2 aromatic rings. The second-order valence-corrected chi connectivity index (χ2v) is 8.10. The summed E-state index contributed by atoms with van der Waals surface area (Å²) in [6.45, 7) is 2.34. The van der Waals surface area contributed by atoms with Gasteiger partial charge < -0.3 is 14.8 Å². The van der Waals surface area contributed by atoms with Crippen molar-refractivity contribution in [2.45, 2.75) is 24.7 Å². The molecule has 0 aliphatic heterocycles. The summed E-state index contributed by atoms with van der Waals surface area (Å²) in [6.07, 6.45) is 1.63. The first kappa shape index (κ1) is 22.0. The highest BCUT2D eigenvalue weighted by Gasteiger charge is 2.17. The van der Waals surface area contributed by atoms with Crippen molar-refractivity contribution >= 4 is 33.2 Å². The molecule has 0 fully saturated rings. The Morgan fingerprint density at radius 2 is 1.89 bits per heavy atom. The topological polar surface area (TPSA) is 93.7 Å². The van der Waals surface area contributed by atoms with Crippen LogP contribution in [-0.2, 0) is 10.0 Å². The molecule has 0 aliphatic carbocycles. The summed E-state index contributed by atoms with van der Waals surface area (Å²) < 4.78 is 37.6. The summed E-state index contributed by atoms with van der Waals surface area (Å²) in [6, 6.07) is 8.97. The minimum Gasteiger partial charge on any atom is -0.493 e. The van der Waals surface area contributed by atoms with Crippen molar-refractivity contribution in [2.24, 2.45) is 0 Å². The molecule has 7 nitrogen and oxygen atoms in total. The van der Waals surface area contributed by atoms with Crippen LogP contribution in [0.25, 0.3) is 0 Å². The third kappa shape index (κ3) is 5.37. The van der Waals surface area contributed by atoms with Crippen LogP contribution in [0, 0.1) is 0 Å². The summed E-state index contributed by atoms with van der Waals surface area (Å²) in [7, 11) is -0.752. The first-order valence-electron chi connectivity index (χ1n) is 8.65. The smallest absolute Gasteiger partial charge is 0.255 e. The zero-order valence-corrected chi connectivity index (χ0v) is 17.5. The van der Waals surface area contributed by atoms with Gasteiger partial charge in [0.05, 0.1) is 24.1 Å². The van der Waals surface area contributed by atoms with E-state index in [1.807, 2.05) is 6.92 Å². The largest absolute Gasteiger partial charge is 0.493 e. The van der Waals surface area contributed by atoms with Gasteiger partial charge in [-0.2, -0.15) is 0 Å². The van der Waals surface area contributed by atoms with Crippen molar-refractivity contribution in [3.05, 3.63) is 47.0 Å². The molecule has 0 saturated carbocycles. The van der Waals surface area contributed by atoms with Gasteiger partial charge in [0.1, 0.15) is 0 Å². The number of unbranched alkanes of at least 4 members (excludes halogenated alkanes) is 1. The zero-order valence-electron chi connectivity index (χ0n) is 15.9. The molecule has 2 rings (SSSR count). The molecular formula is C19H23ClN2O5S. The fourth-order valence-corrected chi connectivity index (χ4v) is 3.87. The summed E-state index contributed by atoms with van der Waals surface area (Å²) in [5.41, 5.74) is 0.589. The highest BCUT2D eigenvalue weighted by molar-refractivity contribution is 7.89. The molecular weight excluding hydrogens is 404 g/mol. The number of rotatable bonds is 9. The van der Waals surface area contributed by atoms with Gasteiger partial charge >= 0.3 is 0 Å². The maximum absolute atomic E-state index is 12.6. The Labute approximate surface area is 170 Å². The van der Waals surface area contributed by atoms with Gasteiger partial charge in [-0.1, -0.05) is 31.0 Å². The van der Waals surface area contributed by atoms with Crippen LogP contribution >= 0.6 is 11.6 Å². The van der Waals surface area contributed by atoms with E-state index in [-0.39, 0.29) is 15.5 Å². The van der Waals surface area contributed by atoms with Crippen LogP contribution < -0.4 is 19.5 Å². The number of hydrogen-bond donors (Lipinski definition) is 2. The number of ether oxygens (including phenoxy) is 2. The average molecular weight is 427 g/mol. The summed E-state index contributed by atoms with van der Waals surface area (Å²) in [5, 5.41) is 2.89. The Kier molecular flexibility index (Phi) is 7.68. The third-order valence-corrected chi connectivity index (χ3v) is 5.66. The molecule has 2 aromatic carbocycles. The van der Waals surface area contributed by atoms with E-state index >= 15 is 0 Å². The van der Waals surface area contributed by atoms with Crippen LogP contribution in [0.1, 0.15) is 30.1 Å². The van der Waals surface area contributed by atoms with Crippen molar-refractivity contribution in [1.82, 2.24) is 4.72 Å². The van der Waals surface area contributed by atoms with Crippen molar-refractivity contribution < 1.29 is 22.7 Å². The van der Waals surface area contributed by atoms with Crippen LogP contribution in [0.2, 0.25) is 5.02 Å². The van der Waals surface area contributed by atoms with E-state index in [1.54, 1.807) is 12.1 Å². The Morgan fingerprint density at radius 3 is 2.54 bits per heavy atom. The van der Waals surface area contributed by atoms with Crippen molar-refractivity contribution in [2.75, 3.05) is 26.1 Å². The second kappa shape index (κ2) is 9.77. The predicted molar refractivity (Wildman–Crippen MR) is 109 cm³/mol. The summed E-state index contributed by atoms with van der Waals surface area (Å²) in [5.74, 6) is 0.180. The predicted octanol–water partition coefficient (Wildman–Crippen LogP) is 3.69. The van der Waals surface area contributed by atoms with Gasteiger partial charge in [-0.25, -0.2) is 13.1 Å². The minimum absolute atomic E-state index is 0.0757. The highest BCUT2D eigenvalue weighted by atomic mass is 35.5. The van der Waals surface area contributed by atoms with Crippen LogP contribution in [0.15, 0.2) is 41.3 Å². The maximum Gasteiger partial charge on any atom is 0.255 e. The SMILES string of the molecule is CCCCNS(=O)(=O)c1cccc(NC(=O)c2cc(Cl)c(OC)c(OC)c2)c1. The number of amides is 1. The molecule has 2 N–H and O–H groups in total. The van der Waals surface area contributed by atoms with Gasteiger partial charge in [-0.15, -0.1) is 0 Å². The lowest BCUT2D eigenvalue weighted by Gasteiger charge is -2.12. The van der Waals surface area contributed by atoms with Crippen LogP contribution in [0.4, 0.5) is 5.69 Å². The first-order valence-corrected chi connectivity index (χ1v) is 10.5. The number of methoxy groups -OCH3 is 2. The molecule has 152 valence electrons. The molecule has 1 amide bonds. The number of carbonyl (C=O) groups is 1. The Balaban J connectivity index is 2.22. The van der Waals surface area contributed by atoms with E-state index in [9.17, 15) is 13.2 Å². The quantitative estimate of drug-likeness (QED) is 0.596. The van der Waals surface area contributed by atoms with Gasteiger partial charge in [0.2, 0.25) is 10.0 Å². The lowest BCUT2D eigenvalue weighted by atomic mass is 10.1. The molecule has 28 heavy (non-hydrogen) atoms. The lowest BCUT2D eigenvalue weighted by Crippen LogP contribution is -2.24. The Hall–Kier alpha value is -2.29. The normalized spacial score (nSPS) is 11.1. The van der Waals surface area contributed by atoms with E-state index < -0.39 is 15.9 Å². The Morgan fingerprint density at radius 1 is 1.14 bits per heavy atom. The number of sulfonamides is 1. The minimum atomic E-state index is -3.64. The number of halogens is 1. The molecule has 0 heterocycles. The zero-order chi connectivity index (χ0) is 20.7. The van der Waals surface area contributed by atoms with E-state index in [2.05, 4.69) is 10.0 Å². The van der Waals surface area contributed by atoms with Gasteiger partial charge in [-0.05, 0) is 36.8 Å². The highest BCUT2D eigenvalue weighted by Crippen LogP contribution is 2.36. The van der Waals surface area contributed by atoms with E-state index in [0.29, 0.717) is 23.7 Å². The van der Waals surface area contributed by atoms with E-state index in [4.69, 9.17) is 21.1 Å². The standard InChI is InChI=1S/C19H23ClN2O5S/c1-4-5-9-21-28(24,25)15-8-6-7-14(12-15)22-19(23)13-10-16(20)18(27-3)17(11-13)26-2/h6-8,10-12,21H,4-5,9H2,1-3H3,(H,22,23). The molecule has 0 radical (unpaired) electrons. The monoisotopic (exact) mass is 426 g/mol. The molecule has 0 unspecified atom stereocenters. The molecule has 0 spiro atoms. The average Bonchev–Trinajstić information content (AvgIpc) is 2.67. The van der Waals surface area contributed by atoms with Gasteiger partial charge in [0.25, 0.3) is 5.91 Å². The second-order valence-electron chi connectivity index (χ2n) is 5.93. The van der Waals surface area contributed by atoms with E-state index in [0.717, 1.165) is 12.8 Å². The van der Waals surface area contributed by atoms with Crippen LogP contribution in [-0.4, -0.2) is 35.1 Å². The van der Waals surface area contributed by atoms with E-state index in [1.165, 1.54) is 38.5 Å². The Bertz CT molecular complexity index is 947. The van der Waals surface area contributed by atoms with Crippen LogP contribution in [0.5, 0.6) is 11.5 Å². The molecule has 0 bridgehead atoms. The number of benzene rings is 2. The van der Waals surface area contributed by atoms with Crippen molar-refractivity contribution in [3.8, 4) is 11.5 Å². The maximum atomic E-state index is 12.6. The number of hydrogen-bond acceptors (Lipinski definition) is 5.